The molecule has 2 rings (SSSR count). The van der Waals surface area contributed by atoms with Crippen LogP contribution in [0.15, 0.2) is 24.3 Å². The van der Waals surface area contributed by atoms with Gasteiger partial charge in [0.25, 0.3) is 6.54 Å². The Morgan fingerprint density at radius 3 is 2.42 bits per heavy atom. The summed E-state index contributed by atoms with van der Waals surface area (Å²) in [5.74, 6) is -2.01. The molecule has 2 aromatic rings. The fraction of sp³-hybridized carbons (Fsp3) is 0.214. The van der Waals surface area contributed by atoms with Gasteiger partial charge >= 0.3 is 6.01 Å². The zero-order valence-corrected chi connectivity index (χ0v) is 12.7. The van der Waals surface area contributed by atoms with Gasteiger partial charge in [0.15, 0.2) is 0 Å². The molecule has 0 aliphatic heterocycles. The van der Waals surface area contributed by atoms with Crippen LogP contribution in [0.4, 0.5) is 4.39 Å². The predicted molar refractivity (Wildman–Crippen MR) is 77.8 cm³/mol. The quantitative estimate of drug-likeness (QED) is 0.427. The number of hydrogen-bond acceptors (Lipinski definition) is 8. The van der Waals surface area contributed by atoms with Crippen LogP contribution >= 0.6 is 0 Å². The maximum Gasteiger partial charge on any atom is 0.328 e. The third-order valence-electron chi connectivity index (χ3n) is 2.81. The molecule has 0 fully saturated rings. The summed E-state index contributed by atoms with van der Waals surface area (Å²) >= 11 is 0. The standard InChI is InChI=1S/C14H12FN3O6/c1-22-11-6-12(23-2)17-14(16-11)24-10-5-3-4-8(15)13(10)9(19)7-18(20)21/h3-6H,7H2,1-2H3. The predicted octanol–water partition coefficient (Wildman–Crippen LogP) is 1.88. The normalized spacial score (nSPS) is 10.1. The third-order valence-corrected chi connectivity index (χ3v) is 2.81. The van der Waals surface area contributed by atoms with Crippen LogP contribution in [0.1, 0.15) is 10.4 Å². The van der Waals surface area contributed by atoms with E-state index in [1.165, 1.54) is 32.4 Å². The minimum atomic E-state index is -1.07. The smallest absolute Gasteiger partial charge is 0.328 e. The zero-order valence-electron chi connectivity index (χ0n) is 12.7. The SMILES string of the molecule is COc1cc(OC)nc(Oc2cccc(F)c2C(=O)C[N+](=O)[O-])n1. The second-order valence-electron chi connectivity index (χ2n) is 4.36. The van der Waals surface area contributed by atoms with Gasteiger partial charge in [-0.2, -0.15) is 9.97 Å². The molecule has 0 amide bonds. The van der Waals surface area contributed by atoms with E-state index in [-0.39, 0.29) is 23.5 Å². The van der Waals surface area contributed by atoms with Crippen LogP contribution in [-0.4, -0.2) is 41.4 Å². The summed E-state index contributed by atoms with van der Waals surface area (Å²) in [5, 5.41) is 10.5. The van der Waals surface area contributed by atoms with Crippen molar-refractivity contribution in [3.05, 3.63) is 45.8 Å². The van der Waals surface area contributed by atoms with Crippen LogP contribution in [0.25, 0.3) is 0 Å². The molecule has 1 aromatic carbocycles. The van der Waals surface area contributed by atoms with E-state index in [2.05, 4.69) is 9.97 Å². The van der Waals surface area contributed by atoms with E-state index in [0.29, 0.717) is 0 Å². The van der Waals surface area contributed by atoms with Crippen LogP contribution in [0.5, 0.6) is 23.5 Å². The van der Waals surface area contributed by atoms with Crippen molar-refractivity contribution in [3.63, 3.8) is 0 Å². The number of nitro groups is 1. The lowest BCUT2D eigenvalue weighted by atomic mass is 10.1. The van der Waals surface area contributed by atoms with Crippen molar-refractivity contribution in [2.24, 2.45) is 0 Å². The minimum Gasteiger partial charge on any atom is -0.481 e. The average molecular weight is 337 g/mol. The Morgan fingerprint density at radius 2 is 1.88 bits per heavy atom. The molecule has 10 heteroatoms. The highest BCUT2D eigenvalue weighted by molar-refractivity contribution is 5.99. The lowest BCUT2D eigenvalue weighted by Gasteiger charge is -2.10. The van der Waals surface area contributed by atoms with Crippen molar-refractivity contribution in [1.82, 2.24) is 9.97 Å². The van der Waals surface area contributed by atoms with Crippen molar-refractivity contribution in [2.75, 3.05) is 20.8 Å². The fourth-order valence-corrected chi connectivity index (χ4v) is 1.79. The van der Waals surface area contributed by atoms with Gasteiger partial charge in [0.2, 0.25) is 17.5 Å². The van der Waals surface area contributed by atoms with Crippen LogP contribution in [-0.2, 0) is 0 Å². The lowest BCUT2D eigenvalue weighted by Crippen LogP contribution is -2.16. The number of carbonyl (C=O) groups excluding carboxylic acids is 1. The lowest BCUT2D eigenvalue weighted by molar-refractivity contribution is -0.465. The van der Waals surface area contributed by atoms with Gasteiger partial charge in [-0.25, -0.2) is 4.39 Å². The molecule has 0 aliphatic rings. The molecule has 0 N–H and O–H groups in total. The molecule has 0 spiro atoms. The number of ether oxygens (including phenoxy) is 3. The first-order valence-corrected chi connectivity index (χ1v) is 6.53. The van der Waals surface area contributed by atoms with Crippen molar-refractivity contribution in [2.45, 2.75) is 0 Å². The highest BCUT2D eigenvalue weighted by Crippen LogP contribution is 2.28. The number of carbonyl (C=O) groups is 1. The number of aromatic nitrogens is 2. The average Bonchev–Trinajstić information content (AvgIpc) is 2.53. The Kier molecular flexibility index (Phi) is 5.20. The van der Waals surface area contributed by atoms with E-state index in [1.54, 1.807) is 0 Å². The fourth-order valence-electron chi connectivity index (χ4n) is 1.79. The van der Waals surface area contributed by atoms with E-state index in [9.17, 15) is 19.3 Å². The number of Topliss-reactive ketones (excluding diaryl/α,β-unsaturated/α-hetero) is 1. The molecule has 0 saturated heterocycles. The van der Waals surface area contributed by atoms with Gasteiger partial charge in [-0.3, -0.25) is 14.9 Å². The molecule has 0 radical (unpaired) electrons. The molecule has 0 aliphatic carbocycles. The molecule has 9 nitrogen and oxygen atoms in total. The number of halogens is 1. The van der Waals surface area contributed by atoms with Crippen molar-refractivity contribution in [3.8, 4) is 23.5 Å². The van der Waals surface area contributed by atoms with Gasteiger partial charge in [-0.05, 0) is 12.1 Å². The Labute approximate surface area is 135 Å². The van der Waals surface area contributed by atoms with Gasteiger partial charge in [0.1, 0.15) is 17.1 Å². The summed E-state index contributed by atoms with van der Waals surface area (Å²) in [6.07, 6.45) is 0. The summed E-state index contributed by atoms with van der Waals surface area (Å²) < 4.78 is 29.1. The monoisotopic (exact) mass is 337 g/mol. The van der Waals surface area contributed by atoms with Crippen molar-refractivity contribution in [1.29, 1.82) is 0 Å². The number of nitrogens with zero attached hydrogens (tertiary/aromatic N) is 3. The summed E-state index contributed by atoms with van der Waals surface area (Å²) in [7, 11) is 2.72. The molecular weight excluding hydrogens is 325 g/mol. The molecule has 24 heavy (non-hydrogen) atoms. The van der Waals surface area contributed by atoms with Crippen LogP contribution < -0.4 is 14.2 Å². The van der Waals surface area contributed by atoms with Gasteiger partial charge < -0.3 is 14.2 Å². The Balaban J connectivity index is 2.41. The Hall–Kier alpha value is -3.30. The third kappa shape index (κ3) is 3.91. The molecule has 1 heterocycles. The summed E-state index contributed by atoms with van der Waals surface area (Å²) in [6.45, 7) is -1.07. The van der Waals surface area contributed by atoms with Crippen LogP contribution in [0, 0.1) is 15.9 Å². The second kappa shape index (κ2) is 7.31. The highest BCUT2D eigenvalue weighted by atomic mass is 19.1. The molecule has 0 atom stereocenters. The first kappa shape index (κ1) is 17.1. The topological polar surface area (TPSA) is 114 Å². The minimum absolute atomic E-state index is 0.117. The first-order valence-electron chi connectivity index (χ1n) is 6.53. The van der Waals surface area contributed by atoms with Crippen LogP contribution in [0.2, 0.25) is 0 Å². The molecule has 1 aromatic heterocycles. The van der Waals surface area contributed by atoms with E-state index in [0.717, 1.165) is 6.07 Å². The van der Waals surface area contributed by atoms with Crippen LogP contribution in [0.3, 0.4) is 0 Å². The van der Waals surface area contributed by atoms with Crippen molar-refractivity contribution >= 4 is 5.78 Å². The zero-order chi connectivity index (χ0) is 17.7. The summed E-state index contributed by atoms with van der Waals surface area (Å²) in [6, 6.07) is 4.66. The second-order valence-corrected chi connectivity index (χ2v) is 4.36. The van der Waals surface area contributed by atoms with E-state index >= 15 is 0 Å². The largest absolute Gasteiger partial charge is 0.481 e. The number of hydrogen-bond donors (Lipinski definition) is 0. The molecule has 0 saturated carbocycles. The van der Waals surface area contributed by atoms with Gasteiger partial charge in [0.05, 0.1) is 20.3 Å². The molecular formula is C14H12FN3O6. The molecule has 126 valence electrons. The summed E-state index contributed by atoms with van der Waals surface area (Å²) in [5.41, 5.74) is -0.556. The molecule has 0 unspecified atom stereocenters. The number of ketones is 1. The van der Waals surface area contributed by atoms with Crippen molar-refractivity contribution < 1.29 is 28.3 Å². The Bertz CT molecular complexity index is 761. The Morgan fingerprint density at radius 1 is 1.25 bits per heavy atom. The number of benzene rings is 1. The number of methoxy groups -OCH3 is 2. The van der Waals surface area contributed by atoms with E-state index < -0.39 is 28.6 Å². The maximum atomic E-state index is 13.9. The molecule has 0 bridgehead atoms. The summed E-state index contributed by atoms with van der Waals surface area (Å²) in [4.78, 5) is 29.3. The maximum absolute atomic E-state index is 13.9. The first-order chi connectivity index (χ1) is 11.4. The van der Waals surface area contributed by atoms with E-state index in [4.69, 9.17) is 14.2 Å². The van der Waals surface area contributed by atoms with Gasteiger partial charge in [0, 0.05) is 4.92 Å². The van der Waals surface area contributed by atoms with Gasteiger partial charge in [-0.15, -0.1) is 0 Å². The number of rotatable bonds is 7. The highest BCUT2D eigenvalue weighted by Gasteiger charge is 2.23. The van der Waals surface area contributed by atoms with Gasteiger partial charge in [-0.1, -0.05) is 6.07 Å². The van der Waals surface area contributed by atoms with E-state index in [1.807, 2.05) is 0 Å².